The standard InChI is InChI=1S/C22H23N3O3S/c1-14-19(20-16(26)7-4-8-17(20)28-14)21(27)24-10-5-11-25(13-12-24)22-23-15-6-2-3-9-18(15)29-22/h2-3,6,9H,4-5,7-8,10-13H2,1H3. The predicted octanol–water partition coefficient (Wildman–Crippen LogP) is 4.07. The van der Waals surface area contributed by atoms with Gasteiger partial charge in [0.05, 0.1) is 21.3 Å². The van der Waals surface area contributed by atoms with Crippen LogP contribution in [0.3, 0.4) is 0 Å². The lowest BCUT2D eigenvalue weighted by atomic mass is 9.93. The van der Waals surface area contributed by atoms with Crippen LogP contribution in [0.5, 0.6) is 0 Å². The molecule has 2 aliphatic rings. The number of hydrogen-bond acceptors (Lipinski definition) is 6. The Bertz CT molecular complexity index is 1070. The Hall–Kier alpha value is -2.67. The zero-order valence-electron chi connectivity index (χ0n) is 16.4. The number of anilines is 1. The minimum atomic E-state index is -0.0751. The number of aromatic nitrogens is 1. The molecule has 1 saturated heterocycles. The summed E-state index contributed by atoms with van der Waals surface area (Å²) in [5, 5.41) is 1.01. The van der Waals surface area contributed by atoms with E-state index in [1.807, 2.05) is 23.1 Å². The molecule has 0 bridgehead atoms. The van der Waals surface area contributed by atoms with Crippen LogP contribution in [-0.4, -0.2) is 47.8 Å². The van der Waals surface area contributed by atoms with Crippen LogP contribution < -0.4 is 4.90 Å². The molecule has 0 unspecified atom stereocenters. The summed E-state index contributed by atoms with van der Waals surface area (Å²) in [7, 11) is 0. The fourth-order valence-corrected chi connectivity index (χ4v) is 5.35. The maximum Gasteiger partial charge on any atom is 0.258 e. The third-order valence-corrected chi connectivity index (χ3v) is 6.89. The second-order valence-electron chi connectivity index (χ2n) is 7.71. The maximum atomic E-state index is 13.3. The molecule has 0 saturated carbocycles. The number of furan rings is 1. The number of aryl methyl sites for hydroxylation is 2. The fourth-order valence-electron chi connectivity index (χ4n) is 4.33. The molecule has 0 spiro atoms. The highest BCUT2D eigenvalue weighted by Crippen LogP contribution is 2.32. The van der Waals surface area contributed by atoms with Gasteiger partial charge >= 0.3 is 0 Å². The van der Waals surface area contributed by atoms with Gasteiger partial charge in [-0.2, -0.15) is 0 Å². The molecule has 1 aliphatic carbocycles. The van der Waals surface area contributed by atoms with Gasteiger partial charge in [0.2, 0.25) is 0 Å². The average Bonchev–Trinajstić information content (AvgIpc) is 3.19. The number of carbonyl (C=O) groups excluding carboxylic acids is 2. The SMILES string of the molecule is Cc1oc2c(c1C(=O)N1CCCN(c3nc4ccccc4s3)CC1)C(=O)CCC2. The summed E-state index contributed by atoms with van der Waals surface area (Å²) in [6, 6.07) is 8.16. The summed E-state index contributed by atoms with van der Waals surface area (Å²) < 4.78 is 6.97. The van der Waals surface area contributed by atoms with Gasteiger partial charge in [0, 0.05) is 39.0 Å². The molecule has 6 nitrogen and oxygen atoms in total. The van der Waals surface area contributed by atoms with Crippen molar-refractivity contribution in [2.75, 3.05) is 31.1 Å². The monoisotopic (exact) mass is 409 g/mol. The third-order valence-electron chi connectivity index (χ3n) is 5.79. The van der Waals surface area contributed by atoms with Gasteiger partial charge in [0.1, 0.15) is 11.5 Å². The molecule has 1 aromatic carbocycles. The third kappa shape index (κ3) is 3.23. The lowest BCUT2D eigenvalue weighted by Crippen LogP contribution is -2.36. The summed E-state index contributed by atoms with van der Waals surface area (Å²) >= 11 is 1.69. The van der Waals surface area contributed by atoms with Gasteiger partial charge in [-0.3, -0.25) is 9.59 Å². The Morgan fingerprint density at radius 3 is 2.83 bits per heavy atom. The van der Waals surface area contributed by atoms with Crippen LogP contribution in [0, 0.1) is 6.92 Å². The van der Waals surface area contributed by atoms with Crippen molar-refractivity contribution >= 4 is 38.4 Å². The average molecular weight is 410 g/mol. The van der Waals surface area contributed by atoms with Crippen molar-refractivity contribution in [2.45, 2.75) is 32.6 Å². The highest BCUT2D eigenvalue weighted by atomic mass is 32.1. The van der Waals surface area contributed by atoms with Crippen molar-refractivity contribution in [1.82, 2.24) is 9.88 Å². The van der Waals surface area contributed by atoms with Crippen LogP contribution in [0.1, 0.15) is 51.5 Å². The van der Waals surface area contributed by atoms with Crippen molar-refractivity contribution < 1.29 is 14.0 Å². The molecule has 1 fully saturated rings. The molecule has 1 aliphatic heterocycles. The molecule has 0 radical (unpaired) electrons. The molecule has 0 N–H and O–H groups in total. The molecule has 5 rings (SSSR count). The normalized spacial score (nSPS) is 17.5. The minimum Gasteiger partial charge on any atom is -0.465 e. The first-order valence-electron chi connectivity index (χ1n) is 10.2. The highest BCUT2D eigenvalue weighted by Gasteiger charge is 2.33. The zero-order valence-corrected chi connectivity index (χ0v) is 17.3. The van der Waals surface area contributed by atoms with E-state index < -0.39 is 0 Å². The van der Waals surface area contributed by atoms with Gasteiger partial charge in [-0.25, -0.2) is 4.98 Å². The zero-order chi connectivity index (χ0) is 20.0. The van der Waals surface area contributed by atoms with Gasteiger partial charge in [-0.15, -0.1) is 0 Å². The van der Waals surface area contributed by atoms with E-state index >= 15 is 0 Å². The van der Waals surface area contributed by atoms with Crippen molar-refractivity contribution in [1.29, 1.82) is 0 Å². The first-order valence-corrected chi connectivity index (χ1v) is 11.0. The molecule has 0 atom stereocenters. The van der Waals surface area contributed by atoms with E-state index in [2.05, 4.69) is 11.0 Å². The smallest absolute Gasteiger partial charge is 0.258 e. The van der Waals surface area contributed by atoms with Crippen LogP contribution in [0.2, 0.25) is 0 Å². The number of carbonyl (C=O) groups is 2. The van der Waals surface area contributed by atoms with E-state index in [4.69, 9.17) is 9.40 Å². The van der Waals surface area contributed by atoms with E-state index in [1.54, 1.807) is 18.3 Å². The van der Waals surface area contributed by atoms with E-state index in [-0.39, 0.29) is 11.7 Å². The number of ketones is 1. The first-order chi connectivity index (χ1) is 14.1. The number of fused-ring (bicyclic) bond motifs is 2. The topological polar surface area (TPSA) is 66.7 Å². The number of nitrogens with zero attached hydrogens (tertiary/aromatic N) is 3. The van der Waals surface area contributed by atoms with E-state index in [0.717, 1.165) is 43.0 Å². The van der Waals surface area contributed by atoms with Crippen LogP contribution in [0.25, 0.3) is 10.2 Å². The molecule has 29 heavy (non-hydrogen) atoms. The number of rotatable bonds is 2. The Morgan fingerprint density at radius 1 is 1.10 bits per heavy atom. The lowest BCUT2D eigenvalue weighted by molar-refractivity contribution is 0.0759. The number of para-hydroxylation sites is 1. The summed E-state index contributed by atoms with van der Waals surface area (Å²) in [6.07, 6.45) is 2.90. The van der Waals surface area contributed by atoms with Gasteiger partial charge in [-0.05, 0) is 31.9 Å². The Balaban J connectivity index is 1.37. The van der Waals surface area contributed by atoms with Crippen molar-refractivity contribution in [3.05, 3.63) is 46.9 Å². The largest absolute Gasteiger partial charge is 0.465 e. The van der Waals surface area contributed by atoms with Crippen molar-refractivity contribution in [3.63, 3.8) is 0 Å². The summed E-state index contributed by atoms with van der Waals surface area (Å²) in [6.45, 7) is 4.68. The number of Topliss-reactive ketones (excluding diaryl/α,β-unsaturated/α-hetero) is 1. The van der Waals surface area contributed by atoms with E-state index in [9.17, 15) is 9.59 Å². The first kappa shape index (κ1) is 18.4. The maximum absolute atomic E-state index is 13.3. The molecule has 2 aromatic heterocycles. The predicted molar refractivity (Wildman–Crippen MR) is 113 cm³/mol. The number of hydrogen-bond donors (Lipinski definition) is 0. The number of thiazole rings is 1. The van der Waals surface area contributed by atoms with Crippen LogP contribution >= 0.6 is 11.3 Å². The van der Waals surface area contributed by atoms with Crippen LogP contribution in [0.4, 0.5) is 5.13 Å². The highest BCUT2D eigenvalue weighted by molar-refractivity contribution is 7.22. The van der Waals surface area contributed by atoms with Gasteiger partial charge < -0.3 is 14.2 Å². The van der Waals surface area contributed by atoms with Crippen LogP contribution in [-0.2, 0) is 6.42 Å². The summed E-state index contributed by atoms with van der Waals surface area (Å²) in [4.78, 5) is 34.7. The molecule has 3 heterocycles. The van der Waals surface area contributed by atoms with Crippen molar-refractivity contribution in [2.24, 2.45) is 0 Å². The fraction of sp³-hybridized carbons (Fsp3) is 0.409. The van der Waals surface area contributed by atoms with E-state index in [1.165, 1.54) is 4.70 Å². The van der Waals surface area contributed by atoms with Crippen LogP contribution in [0.15, 0.2) is 28.7 Å². The molecule has 150 valence electrons. The molecular weight excluding hydrogens is 386 g/mol. The second-order valence-corrected chi connectivity index (χ2v) is 8.71. The van der Waals surface area contributed by atoms with Gasteiger partial charge in [-0.1, -0.05) is 23.5 Å². The Labute approximate surface area is 173 Å². The minimum absolute atomic E-state index is 0.0392. The van der Waals surface area contributed by atoms with Gasteiger partial charge in [0.15, 0.2) is 10.9 Å². The lowest BCUT2D eigenvalue weighted by Gasteiger charge is -2.22. The number of benzene rings is 1. The van der Waals surface area contributed by atoms with Crippen molar-refractivity contribution in [3.8, 4) is 0 Å². The molecule has 1 amide bonds. The Morgan fingerprint density at radius 2 is 1.97 bits per heavy atom. The molecular formula is C22H23N3O3S. The molecule has 7 heteroatoms. The summed E-state index contributed by atoms with van der Waals surface area (Å²) in [5.41, 5.74) is 2.04. The summed E-state index contributed by atoms with van der Waals surface area (Å²) in [5.74, 6) is 1.22. The Kier molecular flexibility index (Phi) is 4.62. The van der Waals surface area contributed by atoms with E-state index in [0.29, 0.717) is 42.2 Å². The van der Waals surface area contributed by atoms with Gasteiger partial charge in [0.25, 0.3) is 5.91 Å². The quantitative estimate of drug-likeness (QED) is 0.638. The molecule has 3 aromatic rings. The second kappa shape index (κ2) is 7.30. The number of amides is 1.